The molecule has 1 heterocycles. The van der Waals surface area contributed by atoms with E-state index in [9.17, 15) is 19.1 Å². The maximum atomic E-state index is 14.5. The molecule has 1 fully saturated rings. The van der Waals surface area contributed by atoms with Gasteiger partial charge >= 0.3 is 5.97 Å². The lowest BCUT2D eigenvalue weighted by atomic mass is 9.75. The van der Waals surface area contributed by atoms with Gasteiger partial charge in [-0.05, 0) is 29.8 Å². The van der Waals surface area contributed by atoms with Gasteiger partial charge in [0.05, 0.1) is 39.9 Å². The van der Waals surface area contributed by atoms with Gasteiger partial charge in [0.2, 0.25) is 11.4 Å². The van der Waals surface area contributed by atoms with Crippen molar-refractivity contribution in [2.75, 3.05) is 28.4 Å². The SMILES string of the molecule is COC(=O)C1C(c2cccc(F)c2)[C@]2(c3ccc(OC)cc3)Oc3cc(OC)cc(OC)c3[C@@]1(O)C2=O. The number of methoxy groups -OCH3 is 4. The molecular weight excluding hydrogens is 483 g/mol. The number of ketones is 1. The van der Waals surface area contributed by atoms with E-state index in [0.29, 0.717) is 17.1 Å². The van der Waals surface area contributed by atoms with E-state index >= 15 is 0 Å². The van der Waals surface area contributed by atoms with E-state index in [-0.39, 0.29) is 22.6 Å². The second-order valence-electron chi connectivity index (χ2n) is 8.90. The Kier molecular flexibility index (Phi) is 5.83. The highest BCUT2D eigenvalue weighted by Crippen LogP contribution is 2.66. The molecule has 5 rings (SSSR count). The van der Waals surface area contributed by atoms with Crippen LogP contribution in [0.4, 0.5) is 4.39 Å². The van der Waals surface area contributed by atoms with E-state index in [1.807, 2.05) is 0 Å². The Balaban J connectivity index is 1.91. The molecule has 37 heavy (non-hydrogen) atoms. The van der Waals surface area contributed by atoms with Gasteiger partial charge in [-0.2, -0.15) is 0 Å². The van der Waals surface area contributed by atoms with Crippen LogP contribution in [-0.4, -0.2) is 45.3 Å². The molecule has 2 unspecified atom stereocenters. The molecule has 1 N–H and O–H groups in total. The highest BCUT2D eigenvalue weighted by atomic mass is 19.1. The minimum Gasteiger partial charge on any atom is -0.497 e. The number of Topliss-reactive ketones (excluding diaryl/α,β-unsaturated/α-hetero) is 1. The average molecular weight is 508 g/mol. The first-order chi connectivity index (χ1) is 17.8. The van der Waals surface area contributed by atoms with Crippen LogP contribution in [0, 0.1) is 11.7 Å². The Morgan fingerprint density at radius 3 is 2.24 bits per heavy atom. The van der Waals surface area contributed by atoms with E-state index in [4.69, 9.17) is 23.7 Å². The van der Waals surface area contributed by atoms with Crippen molar-refractivity contribution in [3.63, 3.8) is 0 Å². The van der Waals surface area contributed by atoms with Crippen molar-refractivity contribution in [2.45, 2.75) is 17.1 Å². The van der Waals surface area contributed by atoms with Gasteiger partial charge in [-0.25, -0.2) is 4.39 Å². The van der Waals surface area contributed by atoms with Gasteiger partial charge in [0.15, 0.2) is 5.60 Å². The van der Waals surface area contributed by atoms with Gasteiger partial charge < -0.3 is 28.8 Å². The molecule has 0 radical (unpaired) electrons. The quantitative estimate of drug-likeness (QED) is 0.506. The molecule has 0 saturated heterocycles. The second kappa shape index (κ2) is 8.77. The van der Waals surface area contributed by atoms with Gasteiger partial charge in [0, 0.05) is 17.7 Å². The van der Waals surface area contributed by atoms with Crippen molar-refractivity contribution in [1.82, 2.24) is 0 Å². The van der Waals surface area contributed by atoms with Crippen LogP contribution in [0.1, 0.15) is 22.6 Å². The third-order valence-corrected chi connectivity index (χ3v) is 7.23. The minimum absolute atomic E-state index is 0.0285. The summed E-state index contributed by atoms with van der Waals surface area (Å²) in [7, 11) is 5.47. The minimum atomic E-state index is -2.44. The Labute approximate surface area is 212 Å². The van der Waals surface area contributed by atoms with Gasteiger partial charge in [-0.3, -0.25) is 9.59 Å². The zero-order chi connectivity index (χ0) is 26.5. The Morgan fingerprint density at radius 1 is 0.946 bits per heavy atom. The molecule has 9 heteroatoms. The molecule has 8 nitrogen and oxygen atoms in total. The van der Waals surface area contributed by atoms with Crippen LogP contribution >= 0.6 is 0 Å². The Hall–Kier alpha value is -4.11. The highest BCUT2D eigenvalue weighted by Gasteiger charge is 2.77. The van der Waals surface area contributed by atoms with Gasteiger partial charge in [-0.15, -0.1) is 0 Å². The predicted molar refractivity (Wildman–Crippen MR) is 128 cm³/mol. The number of carbonyl (C=O) groups is 2. The molecule has 3 aromatic rings. The number of hydrogen-bond donors (Lipinski definition) is 1. The lowest BCUT2D eigenvalue weighted by molar-refractivity contribution is -0.162. The van der Waals surface area contributed by atoms with Crippen molar-refractivity contribution in [3.05, 3.63) is 83.2 Å². The first-order valence-corrected chi connectivity index (χ1v) is 11.5. The lowest BCUT2D eigenvalue weighted by Crippen LogP contribution is -2.51. The molecule has 2 aliphatic rings. The summed E-state index contributed by atoms with van der Waals surface area (Å²) < 4.78 is 42.3. The van der Waals surface area contributed by atoms with Crippen molar-refractivity contribution >= 4 is 11.8 Å². The normalized spacial score (nSPS) is 25.6. The van der Waals surface area contributed by atoms with Gasteiger partial charge in [0.1, 0.15) is 34.7 Å². The predicted octanol–water partition coefficient (Wildman–Crippen LogP) is 3.48. The number of rotatable bonds is 6. The largest absolute Gasteiger partial charge is 0.497 e. The Bertz CT molecular complexity index is 1390. The van der Waals surface area contributed by atoms with Crippen LogP contribution in [0.5, 0.6) is 23.0 Å². The maximum absolute atomic E-state index is 14.5. The number of ether oxygens (including phenoxy) is 5. The smallest absolute Gasteiger partial charge is 0.313 e. The average Bonchev–Trinajstić information content (AvgIpc) is 3.04. The Morgan fingerprint density at radius 2 is 1.65 bits per heavy atom. The van der Waals surface area contributed by atoms with E-state index in [1.165, 1.54) is 51.7 Å². The fourth-order valence-electron chi connectivity index (χ4n) is 5.66. The molecule has 1 aliphatic carbocycles. The summed E-state index contributed by atoms with van der Waals surface area (Å²) in [6.07, 6.45) is 0. The second-order valence-corrected chi connectivity index (χ2v) is 8.90. The molecular formula is C28H25FO8. The van der Waals surface area contributed by atoms with Crippen LogP contribution in [0.25, 0.3) is 0 Å². The van der Waals surface area contributed by atoms with Crippen molar-refractivity contribution < 1.29 is 42.8 Å². The zero-order valence-electron chi connectivity index (χ0n) is 20.6. The number of aliphatic hydroxyl groups is 1. The summed E-state index contributed by atoms with van der Waals surface area (Å²) >= 11 is 0. The summed E-state index contributed by atoms with van der Waals surface area (Å²) in [6, 6.07) is 15.0. The van der Waals surface area contributed by atoms with Crippen LogP contribution in [-0.2, 0) is 25.5 Å². The van der Waals surface area contributed by atoms with E-state index in [2.05, 4.69) is 0 Å². The zero-order valence-corrected chi connectivity index (χ0v) is 20.6. The maximum Gasteiger partial charge on any atom is 0.313 e. The van der Waals surface area contributed by atoms with Crippen LogP contribution in [0.2, 0.25) is 0 Å². The molecule has 1 saturated carbocycles. The topological polar surface area (TPSA) is 101 Å². The molecule has 0 spiro atoms. The van der Waals surface area contributed by atoms with Crippen molar-refractivity contribution in [2.24, 2.45) is 5.92 Å². The fraction of sp³-hybridized carbons (Fsp3) is 0.286. The number of benzene rings is 3. The van der Waals surface area contributed by atoms with Gasteiger partial charge in [0.25, 0.3) is 0 Å². The monoisotopic (exact) mass is 508 g/mol. The fourth-order valence-corrected chi connectivity index (χ4v) is 5.66. The summed E-state index contributed by atoms with van der Waals surface area (Å²) in [5, 5.41) is 12.3. The number of esters is 1. The number of hydrogen-bond acceptors (Lipinski definition) is 8. The van der Waals surface area contributed by atoms with Crippen LogP contribution in [0.15, 0.2) is 60.7 Å². The third-order valence-electron chi connectivity index (χ3n) is 7.23. The molecule has 2 bridgehead atoms. The first kappa shape index (κ1) is 24.6. The van der Waals surface area contributed by atoms with Crippen LogP contribution in [0.3, 0.4) is 0 Å². The summed E-state index contributed by atoms with van der Waals surface area (Å²) in [5.74, 6) is -3.89. The number of halogens is 1. The number of carbonyl (C=O) groups excluding carboxylic acids is 2. The molecule has 192 valence electrons. The third kappa shape index (κ3) is 3.30. The first-order valence-electron chi connectivity index (χ1n) is 11.5. The summed E-state index contributed by atoms with van der Waals surface area (Å²) in [6.45, 7) is 0. The van der Waals surface area contributed by atoms with E-state index < -0.39 is 40.6 Å². The van der Waals surface area contributed by atoms with E-state index in [1.54, 1.807) is 30.3 Å². The summed E-state index contributed by atoms with van der Waals surface area (Å²) in [5.41, 5.74) is -3.79. The molecule has 0 amide bonds. The van der Waals surface area contributed by atoms with Crippen molar-refractivity contribution in [3.8, 4) is 23.0 Å². The van der Waals surface area contributed by atoms with Crippen molar-refractivity contribution in [1.29, 1.82) is 0 Å². The molecule has 4 atom stereocenters. The lowest BCUT2D eigenvalue weighted by Gasteiger charge is -2.40. The van der Waals surface area contributed by atoms with Crippen LogP contribution < -0.4 is 18.9 Å². The summed E-state index contributed by atoms with van der Waals surface area (Å²) in [4.78, 5) is 27.9. The number of fused-ring (bicyclic) bond motifs is 4. The van der Waals surface area contributed by atoms with E-state index in [0.717, 1.165) is 7.11 Å². The molecule has 3 aromatic carbocycles. The molecule has 0 aromatic heterocycles. The highest BCUT2D eigenvalue weighted by molar-refractivity contribution is 6.07. The molecule has 1 aliphatic heterocycles. The van der Waals surface area contributed by atoms with Gasteiger partial charge in [-0.1, -0.05) is 24.3 Å². The standard InChI is InChI=1S/C28H25FO8/c1-33-18-10-8-16(9-11-18)28-22(15-6-5-7-17(29)12-15)24(25(30)36-4)27(32,26(28)31)23-20(35-3)13-19(34-2)14-21(23)37-28/h5-14,22,24,32H,1-4H3/t22?,24?,27-,28-/m0/s1.